The van der Waals surface area contributed by atoms with Crippen LogP contribution in [-0.4, -0.2) is 12.8 Å². The molecule has 0 aliphatic carbocycles. The minimum Gasteiger partial charge on any atom is -0.297 e. The van der Waals surface area contributed by atoms with E-state index in [4.69, 9.17) is 5.26 Å². The van der Waals surface area contributed by atoms with E-state index in [0.29, 0.717) is 0 Å². The van der Waals surface area contributed by atoms with Crippen molar-refractivity contribution in [1.29, 1.82) is 5.26 Å². The molecule has 0 bridgehead atoms. The number of hydrogen-bond acceptors (Lipinski definition) is 2. The van der Waals surface area contributed by atoms with Gasteiger partial charge in [0.1, 0.15) is 0 Å². The molecule has 1 rings (SSSR count). The van der Waals surface area contributed by atoms with Gasteiger partial charge < -0.3 is 0 Å². The Bertz CT molecular complexity index is 132. The fourth-order valence-electron chi connectivity index (χ4n) is 0.759. The van der Waals surface area contributed by atoms with Gasteiger partial charge in [-0.3, -0.25) is 4.99 Å². The Balaban J connectivity index is 2.41. The van der Waals surface area contributed by atoms with Crippen LogP contribution in [0.1, 0.15) is 12.8 Å². The molecule has 0 fully saturated rings. The van der Waals surface area contributed by atoms with Gasteiger partial charge in [0.25, 0.3) is 0 Å². The number of aliphatic imine (C=N–C) groups is 1. The first-order chi connectivity index (χ1) is 3.93. The fourth-order valence-corrected chi connectivity index (χ4v) is 0.759. The molecule has 1 unspecified atom stereocenters. The summed E-state index contributed by atoms with van der Waals surface area (Å²) in [5.74, 6) is 0.243. The number of rotatable bonds is 0. The molecule has 0 aromatic heterocycles. The standard InChI is InChI=1S/C6H8N2/c7-5-6-1-3-8-4-2-6/h3,6H,1-2,4H2. The quantitative estimate of drug-likeness (QED) is 0.456. The van der Waals surface area contributed by atoms with Crippen LogP contribution >= 0.6 is 0 Å². The predicted molar refractivity (Wildman–Crippen MR) is 31.7 cm³/mol. The first-order valence-electron chi connectivity index (χ1n) is 2.81. The number of nitrogens with zero attached hydrogens (tertiary/aromatic N) is 2. The molecule has 2 nitrogen and oxygen atoms in total. The van der Waals surface area contributed by atoms with Crippen molar-refractivity contribution in [2.24, 2.45) is 10.9 Å². The predicted octanol–water partition coefficient (Wildman–Crippen LogP) is 0.991. The molecule has 0 amide bonds. The van der Waals surface area contributed by atoms with Gasteiger partial charge in [0.2, 0.25) is 0 Å². The van der Waals surface area contributed by atoms with Crippen molar-refractivity contribution >= 4 is 6.21 Å². The van der Waals surface area contributed by atoms with E-state index in [1.165, 1.54) is 0 Å². The van der Waals surface area contributed by atoms with Gasteiger partial charge in [0.05, 0.1) is 12.0 Å². The van der Waals surface area contributed by atoms with Crippen molar-refractivity contribution in [2.45, 2.75) is 12.8 Å². The average molecular weight is 108 g/mol. The van der Waals surface area contributed by atoms with Gasteiger partial charge in [-0.05, 0) is 19.1 Å². The van der Waals surface area contributed by atoms with Gasteiger partial charge in [-0.25, -0.2) is 0 Å². The third kappa shape index (κ3) is 1.06. The Morgan fingerprint density at radius 3 is 3.00 bits per heavy atom. The molecular formula is C6H8N2. The van der Waals surface area contributed by atoms with Crippen LogP contribution in [0, 0.1) is 17.2 Å². The summed E-state index contributed by atoms with van der Waals surface area (Å²) in [5, 5.41) is 8.38. The van der Waals surface area contributed by atoms with Gasteiger partial charge in [0.15, 0.2) is 0 Å². The van der Waals surface area contributed by atoms with E-state index in [9.17, 15) is 0 Å². The highest BCUT2D eigenvalue weighted by Gasteiger charge is 2.06. The van der Waals surface area contributed by atoms with E-state index in [1.54, 1.807) is 0 Å². The Morgan fingerprint density at radius 2 is 2.62 bits per heavy atom. The van der Waals surface area contributed by atoms with Crippen LogP contribution in [-0.2, 0) is 0 Å². The molecule has 0 saturated carbocycles. The fraction of sp³-hybridized carbons (Fsp3) is 0.667. The zero-order chi connectivity index (χ0) is 5.82. The zero-order valence-corrected chi connectivity index (χ0v) is 4.67. The first-order valence-corrected chi connectivity index (χ1v) is 2.81. The third-order valence-corrected chi connectivity index (χ3v) is 1.31. The first kappa shape index (κ1) is 5.30. The summed E-state index contributed by atoms with van der Waals surface area (Å²) >= 11 is 0. The summed E-state index contributed by atoms with van der Waals surface area (Å²) < 4.78 is 0. The highest BCUT2D eigenvalue weighted by atomic mass is 14.7. The topological polar surface area (TPSA) is 36.1 Å². The molecule has 1 aliphatic rings. The van der Waals surface area contributed by atoms with Crippen molar-refractivity contribution in [3.8, 4) is 6.07 Å². The minimum atomic E-state index is 0.243. The van der Waals surface area contributed by atoms with E-state index in [1.807, 2.05) is 6.21 Å². The molecule has 0 spiro atoms. The highest BCUT2D eigenvalue weighted by Crippen LogP contribution is 2.08. The van der Waals surface area contributed by atoms with E-state index in [2.05, 4.69) is 11.1 Å². The van der Waals surface area contributed by atoms with Crippen LogP contribution in [0.15, 0.2) is 4.99 Å². The molecular weight excluding hydrogens is 100 g/mol. The van der Waals surface area contributed by atoms with Crippen molar-refractivity contribution in [3.05, 3.63) is 0 Å². The molecule has 0 aromatic rings. The monoisotopic (exact) mass is 108 g/mol. The lowest BCUT2D eigenvalue weighted by atomic mass is 10.0. The molecule has 1 heterocycles. The lowest BCUT2D eigenvalue weighted by molar-refractivity contribution is 0.617. The third-order valence-electron chi connectivity index (χ3n) is 1.31. The molecule has 1 atom stereocenters. The summed E-state index contributed by atoms with van der Waals surface area (Å²) in [6, 6.07) is 2.21. The highest BCUT2D eigenvalue weighted by molar-refractivity contribution is 5.58. The number of hydrogen-bond donors (Lipinski definition) is 0. The maximum atomic E-state index is 8.38. The van der Waals surface area contributed by atoms with Gasteiger partial charge in [-0.15, -0.1) is 0 Å². The Hall–Kier alpha value is -0.840. The van der Waals surface area contributed by atoms with Crippen molar-refractivity contribution in [1.82, 2.24) is 0 Å². The molecule has 1 aliphatic heterocycles. The summed E-state index contributed by atoms with van der Waals surface area (Å²) in [7, 11) is 0. The van der Waals surface area contributed by atoms with Gasteiger partial charge >= 0.3 is 0 Å². The number of nitriles is 1. The molecule has 0 saturated heterocycles. The zero-order valence-electron chi connectivity index (χ0n) is 4.67. The Kier molecular flexibility index (Phi) is 1.63. The van der Waals surface area contributed by atoms with Crippen molar-refractivity contribution < 1.29 is 0 Å². The lowest BCUT2D eigenvalue weighted by Crippen LogP contribution is -2.05. The SMILES string of the molecule is N#CC1CC=NCC1. The van der Waals surface area contributed by atoms with Crippen LogP contribution in [0.3, 0.4) is 0 Å². The van der Waals surface area contributed by atoms with Crippen LogP contribution < -0.4 is 0 Å². The van der Waals surface area contributed by atoms with E-state index in [0.717, 1.165) is 19.4 Å². The van der Waals surface area contributed by atoms with Crippen LogP contribution in [0.5, 0.6) is 0 Å². The maximum Gasteiger partial charge on any atom is 0.0660 e. The summed E-state index contributed by atoms with van der Waals surface area (Å²) in [4.78, 5) is 4.00. The second kappa shape index (κ2) is 2.46. The summed E-state index contributed by atoms with van der Waals surface area (Å²) in [5.41, 5.74) is 0. The van der Waals surface area contributed by atoms with E-state index < -0.39 is 0 Å². The molecule has 42 valence electrons. The summed E-state index contributed by atoms with van der Waals surface area (Å²) in [6.07, 6.45) is 3.65. The van der Waals surface area contributed by atoms with Crippen LogP contribution in [0.25, 0.3) is 0 Å². The normalized spacial score (nSPS) is 27.1. The largest absolute Gasteiger partial charge is 0.297 e. The van der Waals surface area contributed by atoms with E-state index >= 15 is 0 Å². The van der Waals surface area contributed by atoms with Crippen molar-refractivity contribution in [3.63, 3.8) is 0 Å². The van der Waals surface area contributed by atoms with Crippen LogP contribution in [0.4, 0.5) is 0 Å². The molecule has 2 heteroatoms. The Labute approximate surface area is 48.8 Å². The molecule has 0 aromatic carbocycles. The van der Waals surface area contributed by atoms with E-state index in [-0.39, 0.29) is 5.92 Å². The maximum absolute atomic E-state index is 8.38. The van der Waals surface area contributed by atoms with Gasteiger partial charge in [-0.2, -0.15) is 5.26 Å². The van der Waals surface area contributed by atoms with Crippen molar-refractivity contribution in [2.75, 3.05) is 6.54 Å². The summed E-state index contributed by atoms with van der Waals surface area (Å²) in [6.45, 7) is 0.845. The second-order valence-electron chi connectivity index (χ2n) is 1.94. The van der Waals surface area contributed by atoms with Gasteiger partial charge in [0, 0.05) is 6.54 Å². The minimum absolute atomic E-state index is 0.243. The Morgan fingerprint density at radius 1 is 1.75 bits per heavy atom. The molecule has 0 N–H and O–H groups in total. The molecule has 8 heavy (non-hydrogen) atoms. The second-order valence-corrected chi connectivity index (χ2v) is 1.94. The van der Waals surface area contributed by atoms with Gasteiger partial charge in [-0.1, -0.05) is 0 Å². The smallest absolute Gasteiger partial charge is 0.0660 e. The lowest BCUT2D eigenvalue weighted by Gasteiger charge is -2.06. The average Bonchev–Trinajstić information content (AvgIpc) is 1.90. The molecule has 0 radical (unpaired) electrons. The van der Waals surface area contributed by atoms with Crippen LogP contribution in [0.2, 0.25) is 0 Å².